The number of benzene rings is 2. The van der Waals surface area contributed by atoms with E-state index in [1.165, 1.54) is 0 Å². The summed E-state index contributed by atoms with van der Waals surface area (Å²) in [6, 6.07) is 7.77. The highest BCUT2D eigenvalue weighted by Crippen LogP contribution is 2.37. The van der Waals surface area contributed by atoms with Crippen LogP contribution in [0.1, 0.15) is 42.1 Å². The van der Waals surface area contributed by atoms with Gasteiger partial charge in [-0.2, -0.15) is 0 Å². The summed E-state index contributed by atoms with van der Waals surface area (Å²) in [6.45, 7) is 12.0. The van der Waals surface area contributed by atoms with Crippen molar-refractivity contribution in [2.45, 2.75) is 40.2 Å². The van der Waals surface area contributed by atoms with Gasteiger partial charge in [-0.05, 0) is 48.6 Å². The zero-order chi connectivity index (χ0) is 24.7. The molecule has 0 spiro atoms. The van der Waals surface area contributed by atoms with Crippen molar-refractivity contribution >= 4 is 28.6 Å². The predicted molar refractivity (Wildman–Crippen MR) is 140 cm³/mol. The molecule has 35 heavy (non-hydrogen) atoms. The molecule has 0 unspecified atom stereocenters. The fourth-order valence-electron chi connectivity index (χ4n) is 4.96. The second kappa shape index (κ2) is 9.55. The summed E-state index contributed by atoms with van der Waals surface area (Å²) >= 11 is 6.69. The van der Waals surface area contributed by atoms with Crippen LogP contribution in [0, 0.1) is 19.7 Å². The van der Waals surface area contributed by atoms with Crippen molar-refractivity contribution in [3.05, 3.63) is 70.0 Å². The minimum Gasteiger partial charge on any atom is -0.340 e. The van der Waals surface area contributed by atoms with Crippen molar-refractivity contribution in [2.24, 2.45) is 0 Å². The first-order chi connectivity index (χ1) is 16.8. The van der Waals surface area contributed by atoms with E-state index in [1.54, 1.807) is 6.33 Å². The molecule has 5 rings (SSSR count). The molecule has 1 N–H and O–H groups in total. The van der Waals surface area contributed by atoms with Crippen LogP contribution in [0.15, 0.2) is 36.8 Å². The summed E-state index contributed by atoms with van der Waals surface area (Å²) in [5, 5.41) is 4.05. The number of nitrogens with one attached hydrogen (secondary N) is 1. The van der Waals surface area contributed by atoms with Crippen LogP contribution in [-0.2, 0) is 6.54 Å². The van der Waals surface area contributed by atoms with E-state index in [4.69, 9.17) is 16.6 Å². The van der Waals surface area contributed by atoms with Gasteiger partial charge >= 0.3 is 0 Å². The summed E-state index contributed by atoms with van der Waals surface area (Å²) in [5.41, 5.74) is 6.98. The van der Waals surface area contributed by atoms with E-state index < -0.39 is 0 Å². The van der Waals surface area contributed by atoms with Crippen LogP contribution < -0.4 is 10.2 Å². The van der Waals surface area contributed by atoms with Crippen molar-refractivity contribution in [1.29, 1.82) is 0 Å². The van der Waals surface area contributed by atoms with E-state index in [-0.39, 0.29) is 11.7 Å². The van der Waals surface area contributed by atoms with Crippen molar-refractivity contribution < 1.29 is 4.39 Å². The number of aryl methyl sites for hydroxylation is 2. The molecule has 0 aliphatic carbocycles. The Kier molecular flexibility index (Phi) is 6.47. The van der Waals surface area contributed by atoms with E-state index in [0.717, 1.165) is 65.5 Å². The summed E-state index contributed by atoms with van der Waals surface area (Å²) in [5.74, 6) is 0.969. The third-order valence-corrected chi connectivity index (χ3v) is 6.83. The zero-order valence-corrected chi connectivity index (χ0v) is 21.3. The first kappa shape index (κ1) is 23.7. The molecule has 2 aromatic carbocycles. The molecule has 182 valence electrons. The van der Waals surface area contributed by atoms with Gasteiger partial charge in [-0.15, -0.1) is 0 Å². The Morgan fingerprint density at radius 1 is 1.06 bits per heavy atom. The van der Waals surface area contributed by atoms with Gasteiger partial charge in [0.15, 0.2) is 0 Å². The average molecular weight is 493 g/mol. The number of hydrogen-bond acceptors (Lipinski definition) is 5. The molecule has 1 aliphatic rings. The second-order valence-electron chi connectivity index (χ2n) is 9.58. The molecule has 0 amide bonds. The molecule has 6 nitrogen and oxygen atoms in total. The standard InChI is InChI=1S/C27H30ClFN6/c1-16(2)25-22(13-31-15-32-25)21-11-20(28)12-23-26(21)33-27(34-7-5-30-6-8-34)35(23)14-19-9-17(3)24(29)18(4)10-19/h9-13,15-16,30H,5-8,14H2,1-4H3. The Balaban J connectivity index is 1.74. The quantitative estimate of drug-likeness (QED) is 0.399. The van der Waals surface area contributed by atoms with Crippen molar-refractivity contribution in [3.63, 3.8) is 0 Å². The predicted octanol–water partition coefficient (Wildman–Crippen LogP) is 5.48. The smallest absolute Gasteiger partial charge is 0.206 e. The number of nitrogens with zero attached hydrogens (tertiary/aromatic N) is 5. The van der Waals surface area contributed by atoms with Gasteiger partial charge in [-0.3, -0.25) is 0 Å². The summed E-state index contributed by atoms with van der Waals surface area (Å²) in [4.78, 5) is 16.4. The van der Waals surface area contributed by atoms with Gasteiger partial charge in [0.05, 0.1) is 23.3 Å². The van der Waals surface area contributed by atoms with Gasteiger partial charge in [0.25, 0.3) is 0 Å². The van der Waals surface area contributed by atoms with Crippen LogP contribution in [0.3, 0.4) is 0 Å². The van der Waals surface area contributed by atoms with E-state index in [9.17, 15) is 4.39 Å². The van der Waals surface area contributed by atoms with Crippen molar-refractivity contribution in [3.8, 4) is 11.1 Å². The van der Waals surface area contributed by atoms with E-state index in [1.807, 2.05) is 44.3 Å². The van der Waals surface area contributed by atoms with Crippen LogP contribution in [0.4, 0.5) is 10.3 Å². The molecule has 0 saturated carbocycles. The molecule has 0 atom stereocenters. The Bertz CT molecular complexity index is 1370. The summed E-state index contributed by atoms with van der Waals surface area (Å²) in [7, 11) is 0. The number of piperazine rings is 1. The van der Waals surface area contributed by atoms with Crippen molar-refractivity contribution in [2.75, 3.05) is 31.1 Å². The van der Waals surface area contributed by atoms with Gasteiger partial charge in [0, 0.05) is 48.5 Å². The number of imidazole rings is 1. The van der Waals surface area contributed by atoms with Crippen molar-refractivity contribution in [1.82, 2.24) is 24.8 Å². The fourth-order valence-corrected chi connectivity index (χ4v) is 5.17. The van der Waals surface area contributed by atoms with E-state index in [2.05, 4.69) is 38.6 Å². The highest BCUT2D eigenvalue weighted by molar-refractivity contribution is 6.31. The number of halogens is 2. The largest absolute Gasteiger partial charge is 0.340 e. The molecular formula is C27H30ClFN6. The fraction of sp³-hybridized carbons (Fsp3) is 0.370. The molecule has 1 fully saturated rings. The van der Waals surface area contributed by atoms with Crippen LogP contribution >= 0.6 is 11.6 Å². The lowest BCUT2D eigenvalue weighted by molar-refractivity contribution is 0.571. The Hall–Kier alpha value is -3.03. The lowest BCUT2D eigenvalue weighted by Gasteiger charge is -2.29. The van der Waals surface area contributed by atoms with Crippen LogP contribution in [0.2, 0.25) is 5.02 Å². The minimum absolute atomic E-state index is 0.151. The first-order valence-corrected chi connectivity index (χ1v) is 12.4. The zero-order valence-electron chi connectivity index (χ0n) is 20.6. The molecule has 1 saturated heterocycles. The van der Waals surface area contributed by atoms with Gasteiger partial charge in [0.1, 0.15) is 12.1 Å². The number of aromatic nitrogens is 4. The topological polar surface area (TPSA) is 58.9 Å². The van der Waals surface area contributed by atoms with Crippen LogP contribution in [0.5, 0.6) is 0 Å². The van der Waals surface area contributed by atoms with Gasteiger partial charge in [0.2, 0.25) is 5.95 Å². The van der Waals surface area contributed by atoms with E-state index in [0.29, 0.717) is 22.7 Å². The van der Waals surface area contributed by atoms with Gasteiger partial charge in [-0.1, -0.05) is 37.6 Å². The van der Waals surface area contributed by atoms with Crippen LogP contribution in [-0.4, -0.2) is 45.7 Å². The molecule has 3 heterocycles. The second-order valence-corrected chi connectivity index (χ2v) is 10.0. The Labute approximate surface area is 210 Å². The average Bonchev–Trinajstić information content (AvgIpc) is 3.20. The normalized spacial score (nSPS) is 14.3. The minimum atomic E-state index is -0.151. The maximum absolute atomic E-state index is 14.3. The molecule has 4 aromatic rings. The number of rotatable bonds is 5. The molecule has 1 aliphatic heterocycles. The van der Waals surface area contributed by atoms with Gasteiger partial charge in [-0.25, -0.2) is 19.3 Å². The van der Waals surface area contributed by atoms with Crippen LogP contribution in [0.25, 0.3) is 22.2 Å². The maximum atomic E-state index is 14.3. The maximum Gasteiger partial charge on any atom is 0.206 e. The third kappa shape index (κ3) is 4.50. The number of fused-ring (bicyclic) bond motifs is 1. The Morgan fingerprint density at radius 3 is 2.46 bits per heavy atom. The molecule has 2 aromatic heterocycles. The highest BCUT2D eigenvalue weighted by Gasteiger charge is 2.23. The molecule has 8 heteroatoms. The third-order valence-electron chi connectivity index (χ3n) is 6.62. The number of hydrogen-bond donors (Lipinski definition) is 1. The molecule has 0 radical (unpaired) electrons. The Morgan fingerprint density at radius 2 is 1.77 bits per heavy atom. The van der Waals surface area contributed by atoms with E-state index >= 15 is 0 Å². The first-order valence-electron chi connectivity index (χ1n) is 12.0. The number of anilines is 1. The molecule has 0 bridgehead atoms. The summed E-state index contributed by atoms with van der Waals surface area (Å²) in [6.07, 6.45) is 3.44. The monoisotopic (exact) mass is 492 g/mol. The SMILES string of the molecule is Cc1cc(Cn2c(N3CCNCC3)nc3c(-c4cncnc4C(C)C)cc(Cl)cc32)cc(C)c1F. The summed E-state index contributed by atoms with van der Waals surface area (Å²) < 4.78 is 16.6. The lowest BCUT2D eigenvalue weighted by atomic mass is 9.98. The lowest BCUT2D eigenvalue weighted by Crippen LogP contribution is -2.44. The van der Waals surface area contributed by atoms with Gasteiger partial charge < -0.3 is 14.8 Å². The molecular weight excluding hydrogens is 463 g/mol. The highest BCUT2D eigenvalue weighted by atomic mass is 35.5.